The predicted octanol–water partition coefficient (Wildman–Crippen LogP) is 3.24. The first-order valence-electron chi connectivity index (χ1n) is 4.99. The van der Waals surface area contributed by atoms with Crippen LogP contribution >= 0.6 is 0 Å². The Hall–Kier alpha value is -0.180. The molecule has 0 bridgehead atoms. The SMILES string of the molecule is CC(C)COC1CCC(F)(F)CC1. The van der Waals surface area contributed by atoms with Gasteiger partial charge in [-0.2, -0.15) is 0 Å². The maximum atomic E-state index is 12.7. The Bertz CT molecular complexity index is 144. The lowest BCUT2D eigenvalue weighted by Gasteiger charge is -2.28. The van der Waals surface area contributed by atoms with Crippen LogP contribution in [0.1, 0.15) is 39.5 Å². The highest BCUT2D eigenvalue weighted by molar-refractivity contribution is 4.77. The Morgan fingerprint density at radius 1 is 1.31 bits per heavy atom. The van der Waals surface area contributed by atoms with E-state index in [-0.39, 0.29) is 18.9 Å². The molecule has 3 heteroatoms. The van der Waals surface area contributed by atoms with Gasteiger partial charge in [0.05, 0.1) is 6.10 Å². The number of hydrogen-bond donors (Lipinski definition) is 0. The van der Waals surface area contributed by atoms with Crippen molar-refractivity contribution in [2.24, 2.45) is 5.92 Å². The first kappa shape index (κ1) is 10.9. The fourth-order valence-corrected chi connectivity index (χ4v) is 1.51. The molecule has 1 aliphatic carbocycles. The van der Waals surface area contributed by atoms with Gasteiger partial charge < -0.3 is 4.74 Å². The summed E-state index contributed by atoms with van der Waals surface area (Å²) in [6.45, 7) is 4.82. The molecule has 1 fully saturated rings. The van der Waals surface area contributed by atoms with Crippen molar-refractivity contribution in [2.45, 2.75) is 51.6 Å². The maximum Gasteiger partial charge on any atom is 0.248 e. The summed E-state index contributed by atoms with van der Waals surface area (Å²) < 4.78 is 30.9. The van der Waals surface area contributed by atoms with Gasteiger partial charge in [0, 0.05) is 19.4 Å². The van der Waals surface area contributed by atoms with Crippen LogP contribution in [0, 0.1) is 5.92 Å². The second-order valence-corrected chi connectivity index (χ2v) is 4.28. The quantitative estimate of drug-likeness (QED) is 0.667. The van der Waals surface area contributed by atoms with Crippen LogP contribution < -0.4 is 0 Å². The fourth-order valence-electron chi connectivity index (χ4n) is 1.51. The van der Waals surface area contributed by atoms with Crippen molar-refractivity contribution >= 4 is 0 Å². The Morgan fingerprint density at radius 3 is 2.31 bits per heavy atom. The third kappa shape index (κ3) is 4.03. The molecule has 0 aromatic carbocycles. The van der Waals surface area contributed by atoms with Gasteiger partial charge in [0.15, 0.2) is 0 Å². The molecule has 0 saturated heterocycles. The number of rotatable bonds is 3. The number of ether oxygens (including phenoxy) is 1. The Morgan fingerprint density at radius 2 is 1.85 bits per heavy atom. The van der Waals surface area contributed by atoms with Crippen LogP contribution in [0.2, 0.25) is 0 Å². The molecule has 1 rings (SSSR count). The summed E-state index contributed by atoms with van der Waals surface area (Å²) in [5, 5.41) is 0. The lowest BCUT2D eigenvalue weighted by atomic mass is 9.94. The zero-order valence-corrected chi connectivity index (χ0v) is 8.35. The summed E-state index contributed by atoms with van der Waals surface area (Å²) in [6, 6.07) is 0. The van der Waals surface area contributed by atoms with Gasteiger partial charge in [0.25, 0.3) is 0 Å². The van der Waals surface area contributed by atoms with E-state index in [2.05, 4.69) is 13.8 Å². The van der Waals surface area contributed by atoms with E-state index in [1.807, 2.05) is 0 Å². The summed E-state index contributed by atoms with van der Waals surface area (Å²) in [5.74, 6) is -1.94. The van der Waals surface area contributed by atoms with Crippen LogP contribution in [0.25, 0.3) is 0 Å². The Labute approximate surface area is 78.5 Å². The third-order valence-electron chi connectivity index (χ3n) is 2.33. The summed E-state index contributed by atoms with van der Waals surface area (Å²) >= 11 is 0. The first-order valence-corrected chi connectivity index (χ1v) is 4.99. The third-order valence-corrected chi connectivity index (χ3v) is 2.33. The maximum absolute atomic E-state index is 12.7. The van der Waals surface area contributed by atoms with E-state index in [1.165, 1.54) is 0 Å². The molecule has 1 nitrogen and oxygen atoms in total. The molecule has 0 N–H and O–H groups in total. The molecule has 0 radical (unpaired) electrons. The van der Waals surface area contributed by atoms with Crippen LogP contribution in [0.15, 0.2) is 0 Å². The van der Waals surface area contributed by atoms with Gasteiger partial charge >= 0.3 is 0 Å². The van der Waals surface area contributed by atoms with Gasteiger partial charge in [-0.1, -0.05) is 13.8 Å². The molecule has 1 saturated carbocycles. The molecule has 1 aliphatic rings. The standard InChI is InChI=1S/C10H18F2O/c1-8(2)7-13-9-3-5-10(11,12)6-4-9/h8-9H,3-7H2,1-2H3. The van der Waals surface area contributed by atoms with E-state index in [1.54, 1.807) is 0 Å². The van der Waals surface area contributed by atoms with E-state index >= 15 is 0 Å². The molecular weight excluding hydrogens is 174 g/mol. The fraction of sp³-hybridized carbons (Fsp3) is 1.00. The van der Waals surface area contributed by atoms with Crippen LogP contribution in [0.3, 0.4) is 0 Å². The normalized spacial score (nSPS) is 23.8. The predicted molar refractivity (Wildman–Crippen MR) is 48.0 cm³/mol. The van der Waals surface area contributed by atoms with E-state index in [4.69, 9.17) is 4.74 Å². The molecule has 0 heterocycles. The molecule has 0 unspecified atom stereocenters. The minimum absolute atomic E-state index is 0.00420. The highest BCUT2D eigenvalue weighted by Crippen LogP contribution is 2.34. The zero-order valence-electron chi connectivity index (χ0n) is 8.35. The van der Waals surface area contributed by atoms with Crippen LogP contribution in [0.4, 0.5) is 8.78 Å². The minimum atomic E-state index is -2.43. The van der Waals surface area contributed by atoms with Gasteiger partial charge in [-0.3, -0.25) is 0 Å². The van der Waals surface area contributed by atoms with Gasteiger partial charge in [-0.25, -0.2) is 8.78 Å². The second kappa shape index (κ2) is 4.36. The van der Waals surface area contributed by atoms with Crippen LogP contribution in [-0.2, 0) is 4.74 Å². The Kier molecular flexibility index (Phi) is 3.65. The molecule has 13 heavy (non-hydrogen) atoms. The molecular formula is C10H18F2O. The molecule has 0 aliphatic heterocycles. The van der Waals surface area contributed by atoms with Gasteiger partial charge in [-0.15, -0.1) is 0 Å². The molecule has 78 valence electrons. The molecule has 0 atom stereocenters. The average molecular weight is 192 g/mol. The Balaban J connectivity index is 2.18. The van der Waals surface area contributed by atoms with Gasteiger partial charge in [0.1, 0.15) is 0 Å². The van der Waals surface area contributed by atoms with E-state index in [0.29, 0.717) is 25.4 Å². The summed E-state index contributed by atoms with van der Waals surface area (Å²) in [6.07, 6.45) is 1.09. The van der Waals surface area contributed by atoms with Gasteiger partial charge in [-0.05, 0) is 18.8 Å². The largest absolute Gasteiger partial charge is 0.378 e. The van der Waals surface area contributed by atoms with E-state index in [9.17, 15) is 8.78 Å². The zero-order chi connectivity index (χ0) is 9.90. The van der Waals surface area contributed by atoms with E-state index in [0.717, 1.165) is 0 Å². The van der Waals surface area contributed by atoms with Crippen LogP contribution in [0.5, 0.6) is 0 Å². The van der Waals surface area contributed by atoms with Crippen molar-refractivity contribution in [1.82, 2.24) is 0 Å². The van der Waals surface area contributed by atoms with Crippen molar-refractivity contribution in [2.75, 3.05) is 6.61 Å². The molecule has 0 amide bonds. The second-order valence-electron chi connectivity index (χ2n) is 4.28. The minimum Gasteiger partial charge on any atom is -0.378 e. The lowest BCUT2D eigenvalue weighted by Crippen LogP contribution is -2.29. The summed E-state index contributed by atoms with van der Waals surface area (Å²) in [4.78, 5) is 0. The lowest BCUT2D eigenvalue weighted by molar-refractivity contribution is -0.0836. The van der Waals surface area contributed by atoms with E-state index < -0.39 is 5.92 Å². The smallest absolute Gasteiger partial charge is 0.248 e. The van der Waals surface area contributed by atoms with Crippen molar-refractivity contribution in [1.29, 1.82) is 0 Å². The molecule has 0 aromatic heterocycles. The first-order chi connectivity index (χ1) is 5.99. The van der Waals surface area contributed by atoms with Crippen molar-refractivity contribution in [3.63, 3.8) is 0 Å². The van der Waals surface area contributed by atoms with Crippen molar-refractivity contribution in [3.05, 3.63) is 0 Å². The highest BCUT2D eigenvalue weighted by Gasteiger charge is 2.35. The summed E-state index contributed by atoms with van der Waals surface area (Å²) in [7, 11) is 0. The molecule has 0 spiro atoms. The number of alkyl halides is 2. The average Bonchev–Trinajstić information content (AvgIpc) is 2.02. The molecule has 0 aromatic rings. The van der Waals surface area contributed by atoms with Gasteiger partial charge in [0.2, 0.25) is 5.92 Å². The van der Waals surface area contributed by atoms with Crippen molar-refractivity contribution < 1.29 is 13.5 Å². The topological polar surface area (TPSA) is 9.23 Å². The van der Waals surface area contributed by atoms with Crippen molar-refractivity contribution in [3.8, 4) is 0 Å². The van der Waals surface area contributed by atoms with Crippen LogP contribution in [-0.4, -0.2) is 18.6 Å². The number of hydrogen-bond acceptors (Lipinski definition) is 1. The monoisotopic (exact) mass is 192 g/mol. The summed E-state index contributed by atoms with van der Waals surface area (Å²) in [5.41, 5.74) is 0. The number of halogens is 2. The highest BCUT2D eigenvalue weighted by atomic mass is 19.3.